The van der Waals surface area contributed by atoms with Gasteiger partial charge in [-0.15, -0.1) is 12.4 Å². The van der Waals surface area contributed by atoms with Crippen molar-refractivity contribution in [2.45, 2.75) is 38.1 Å². The van der Waals surface area contributed by atoms with Crippen LogP contribution in [0.5, 0.6) is 0 Å². The van der Waals surface area contributed by atoms with Crippen molar-refractivity contribution in [2.75, 3.05) is 42.5 Å². The summed E-state index contributed by atoms with van der Waals surface area (Å²) >= 11 is 0. The molecule has 0 unspecified atom stereocenters. The second-order valence-corrected chi connectivity index (χ2v) is 11.8. The summed E-state index contributed by atoms with van der Waals surface area (Å²) in [6.07, 6.45) is 6.98. The van der Waals surface area contributed by atoms with Crippen LogP contribution in [0.2, 0.25) is 0 Å². The third-order valence-corrected chi connectivity index (χ3v) is 8.97. The highest BCUT2D eigenvalue weighted by Gasteiger charge is 2.36. The number of hydrogen-bond acceptors (Lipinski definition) is 8. The molecule has 6 rings (SSSR count). The topological polar surface area (TPSA) is 179 Å². The predicted octanol–water partition coefficient (Wildman–Crippen LogP) is 2.34. The highest BCUT2D eigenvalue weighted by molar-refractivity contribution is 6.03. The summed E-state index contributed by atoms with van der Waals surface area (Å²) in [5.74, 6) is 0.104. The number of aromatic nitrogens is 4. The number of aromatic amines is 2. The van der Waals surface area contributed by atoms with E-state index < -0.39 is 11.9 Å². The van der Waals surface area contributed by atoms with Crippen LogP contribution in [-0.2, 0) is 16.0 Å². The van der Waals surface area contributed by atoms with Crippen molar-refractivity contribution < 1.29 is 9.59 Å². The number of carbonyl (C=O) groups excluding carboxylic acids is 2. The number of primary amides is 1. The largest absolute Gasteiger partial charge is 0.368 e. The second kappa shape index (κ2) is 14.2. The summed E-state index contributed by atoms with van der Waals surface area (Å²) < 4.78 is 0. The minimum Gasteiger partial charge on any atom is -0.368 e. The van der Waals surface area contributed by atoms with E-state index in [1.165, 1.54) is 0 Å². The molecule has 7 N–H and O–H groups in total. The van der Waals surface area contributed by atoms with Crippen LogP contribution in [0, 0.1) is 11.8 Å². The van der Waals surface area contributed by atoms with Gasteiger partial charge in [0.15, 0.2) is 0 Å². The normalized spacial score (nSPS) is 19.1. The fourth-order valence-corrected chi connectivity index (χ4v) is 6.40. The predicted molar refractivity (Wildman–Crippen MR) is 177 cm³/mol. The Bertz CT molecular complexity index is 1680. The number of nitrogens with zero attached hydrogens (tertiary/aromatic N) is 4. The molecule has 2 aliphatic rings. The van der Waals surface area contributed by atoms with Gasteiger partial charge in [0.1, 0.15) is 6.04 Å². The van der Waals surface area contributed by atoms with Crippen LogP contribution in [-0.4, -0.2) is 70.7 Å². The Morgan fingerprint density at radius 2 is 1.71 bits per heavy atom. The van der Waals surface area contributed by atoms with Crippen molar-refractivity contribution >= 4 is 46.8 Å². The number of nitrogens with one attached hydrogen (secondary N) is 3. The maximum Gasteiger partial charge on any atom is 0.271 e. The van der Waals surface area contributed by atoms with Gasteiger partial charge in [-0.1, -0.05) is 24.3 Å². The quantitative estimate of drug-likeness (QED) is 0.186. The number of H-pyrrole nitrogens is 2. The molecule has 45 heavy (non-hydrogen) atoms. The first kappa shape index (κ1) is 32.1. The zero-order valence-electron chi connectivity index (χ0n) is 25.1. The first-order chi connectivity index (χ1) is 21.4. The summed E-state index contributed by atoms with van der Waals surface area (Å²) in [6.45, 7) is 4.13. The highest BCUT2D eigenvalue weighted by Crippen LogP contribution is 2.33. The van der Waals surface area contributed by atoms with E-state index in [1.807, 2.05) is 36.7 Å². The van der Waals surface area contributed by atoms with E-state index in [0.29, 0.717) is 47.8 Å². The molecule has 238 valence electrons. The zero-order chi connectivity index (χ0) is 30.6. The molecule has 12 nitrogen and oxygen atoms in total. The fourth-order valence-electron chi connectivity index (χ4n) is 6.40. The number of piperazine rings is 1. The summed E-state index contributed by atoms with van der Waals surface area (Å²) in [6, 6.07) is 12.0. The Morgan fingerprint density at radius 1 is 0.978 bits per heavy atom. The van der Waals surface area contributed by atoms with Crippen LogP contribution in [0.1, 0.15) is 31.2 Å². The van der Waals surface area contributed by atoms with Crippen LogP contribution >= 0.6 is 12.4 Å². The van der Waals surface area contributed by atoms with Gasteiger partial charge in [0.05, 0.1) is 10.9 Å². The summed E-state index contributed by atoms with van der Waals surface area (Å²) in [5.41, 5.74) is 15.4. The number of benzene rings is 2. The molecular formula is C32H40ClN9O3. The molecule has 4 aromatic rings. The van der Waals surface area contributed by atoms with Gasteiger partial charge in [0.2, 0.25) is 17.8 Å². The van der Waals surface area contributed by atoms with Crippen molar-refractivity contribution in [1.82, 2.24) is 25.5 Å². The smallest absolute Gasteiger partial charge is 0.271 e. The molecule has 3 heterocycles. The second-order valence-electron chi connectivity index (χ2n) is 11.8. The van der Waals surface area contributed by atoms with Crippen LogP contribution in [0.3, 0.4) is 0 Å². The number of carbonyl (C=O) groups is 2. The van der Waals surface area contributed by atoms with Crippen LogP contribution < -0.4 is 32.1 Å². The highest BCUT2D eigenvalue weighted by atomic mass is 35.5. The third-order valence-electron chi connectivity index (χ3n) is 8.97. The molecule has 0 spiro atoms. The van der Waals surface area contributed by atoms with E-state index in [0.717, 1.165) is 55.7 Å². The number of nitrogens with two attached hydrogens (primary N) is 2. The molecule has 0 bridgehead atoms. The lowest BCUT2D eigenvalue weighted by Crippen LogP contribution is -2.52. The van der Waals surface area contributed by atoms with E-state index in [1.54, 1.807) is 23.1 Å². The van der Waals surface area contributed by atoms with E-state index in [4.69, 9.17) is 11.5 Å². The lowest BCUT2D eigenvalue weighted by Gasteiger charge is -2.35. The maximum absolute atomic E-state index is 14.2. The molecular weight excluding hydrogens is 594 g/mol. The molecule has 0 radical (unpaired) electrons. The standard InChI is InChI=1S/C32H39N9O3.ClH/c33-17-20-4-6-22(7-5-20)31(44)41(25-8-9-26-27(16-25)38-39-30(26)43)28(29(34)42)15-21-2-1-3-23(14-21)24-18-36-32(37-19-24)40-12-10-35-11-13-40;/h1-3,8-9,14,16,18-20,22,28,35H,4-7,10-13,15,17,33H2,(H2,34,42)(H2,38,39,43);1H/t20?,22?,28-;/m0./s1. The Kier molecular flexibility index (Phi) is 10.2. The summed E-state index contributed by atoms with van der Waals surface area (Å²) in [5, 5.41) is 9.24. The number of hydrogen-bond donors (Lipinski definition) is 5. The average molecular weight is 634 g/mol. The third kappa shape index (κ3) is 7.03. The molecule has 13 heteroatoms. The minimum atomic E-state index is -0.945. The number of anilines is 2. The van der Waals surface area contributed by atoms with Gasteiger partial charge in [-0.05, 0) is 67.5 Å². The van der Waals surface area contributed by atoms with Crippen LogP contribution in [0.15, 0.2) is 59.7 Å². The Labute approximate surface area is 267 Å². The Morgan fingerprint density at radius 3 is 2.40 bits per heavy atom. The Balaban J connectivity index is 0.00000400. The monoisotopic (exact) mass is 633 g/mol. The van der Waals surface area contributed by atoms with E-state index in [2.05, 4.69) is 30.4 Å². The molecule has 1 saturated heterocycles. The number of halogens is 1. The van der Waals surface area contributed by atoms with Crippen molar-refractivity contribution in [3.05, 3.63) is 70.8 Å². The van der Waals surface area contributed by atoms with Gasteiger partial charge >= 0.3 is 0 Å². The van der Waals surface area contributed by atoms with Gasteiger partial charge in [-0.25, -0.2) is 9.97 Å². The summed E-state index contributed by atoms with van der Waals surface area (Å²) in [7, 11) is 0. The van der Waals surface area contributed by atoms with Crippen molar-refractivity contribution in [3.8, 4) is 11.1 Å². The Hall–Kier alpha value is -4.26. The number of amides is 2. The number of rotatable bonds is 9. The lowest BCUT2D eigenvalue weighted by atomic mass is 9.81. The molecule has 1 aliphatic carbocycles. The molecule has 1 aliphatic heterocycles. The van der Waals surface area contributed by atoms with Crippen molar-refractivity contribution in [3.63, 3.8) is 0 Å². The van der Waals surface area contributed by atoms with Crippen molar-refractivity contribution in [2.24, 2.45) is 23.3 Å². The SMILES string of the molecule is Cl.NCC1CCC(C(=O)N(c2ccc3c(=O)[nH][nH]c3c2)[C@@H](Cc2cccc(-c3cnc(N4CCNCC4)nc3)c2)C(N)=O)CC1. The molecule has 2 aromatic heterocycles. The molecule has 1 saturated carbocycles. The number of fused-ring (bicyclic) bond motifs is 1. The molecule has 2 fully saturated rings. The van der Waals surface area contributed by atoms with Crippen LogP contribution in [0.25, 0.3) is 22.0 Å². The first-order valence-electron chi connectivity index (χ1n) is 15.3. The van der Waals surface area contributed by atoms with Gasteiger partial charge < -0.3 is 21.7 Å². The van der Waals surface area contributed by atoms with Crippen molar-refractivity contribution in [1.29, 1.82) is 0 Å². The zero-order valence-corrected chi connectivity index (χ0v) is 25.9. The van der Waals surface area contributed by atoms with Gasteiger partial charge in [-0.3, -0.25) is 29.5 Å². The van der Waals surface area contributed by atoms with Gasteiger partial charge in [0, 0.05) is 62.2 Å². The molecule has 2 aromatic carbocycles. The van der Waals surface area contributed by atoms with Gasteiger partial charge in [0.25, 0.3) is 5.56 Å². The first-order valence-corrected chi connectivity index (χ1v) is 15.3. The van der Waals surface area contributed by atoms with Gasteiger partial charge in [-0.2, -0.15) is 0 Å². The fraction of sp³-hybridized carbons (Fsp3) is 0.406. The maximum atomic E-state index is 14.2. The summed E-state index contributed by atoms with van der Waals surface area (Å²) in [4.78, 5) is 52.4. The molecule has 2 amide bonds. The van der Waals surface area contributed by atoms with E-state index >= 15 is 0 Å². The lowest BCUT2D eigenvalue weighted by molar-refractivity contribution is -0.127. The minimum absolute atomic E-state index is 0. The van der Waals surface area contributed by atoms with E-state index in [9.17, 15) is 14.4 Å². The van der Waals surface area contributed by atoms with E-state index in [-0.39, 0.29) is 36.2 Å². The average Bonchev–Trinajstić information content (AvgIpc) is 3.44. The molecule has 1 atom stereocenters. The van der Waals surface area contributed by atoms with Crippen LogP contribution in [0.4, 0.5) is 11.6 Å².